The van der Waals surface area contributed by atoms with Crippen molar-refractivity contribution in [3.63, 3.8) is 0 Å². The van der Waals surface area contributed by atoms with Crippen molar-refractivity contribution in [2.45, 2.75) is 19.9 Å². The third kappa shape index (κ3) is 2.02. The fraction of sp³-hybridized carbons (Fsp3) is 0.273. The number of nitrogens with zero attached hydrogens (tertiary/aromatic N) is 3. The number of benzene rings is 1. The van der Waals surface area contributed by atoms with Crippen LogP contribution in [0.25, 0.3) is 11.4 Å². The summed E-state index contributed by atoms with van der Waals surface area (Å²) in [5.74, 6) is 0.836. The molecule has 78 valence electrons. The second-order valence-electron chi connectivity index (χ2n) is 3.33. The van der Waals surface area contributed by atoms with Gasteiger partial charge in [-0.2, -0.15) is 0 Å². The maximum absolute atomic E-state index is 6.11. The lowest BCUT2D eigenvalue weighted by atomic mass is 10.2. The highest BCUT2D eigenvalue weighted by molar-refractivity contribution is 6.33. The molecule has 0 unspecified atom stereocenters. The molecule has 2 aromatic rings. The van der Waals surface area contributed by atoms with Gasteiger partial charge in [-0.1, -0.05) is 30.7 Å². The first-order valence-corrected chi connectivity index (χ1v) is 5.33. The predicted octanol–water partition coefficient (Wildman–Crippen LogP) is 3.01. The van der Waals surface area contributed by atoms with Crippen molar-refractivity contribution in [3.05, 3.63) is 35.6 Å². The molecule has 0 atom stereocenters. The molecule has 0 saturated carbocycles. The van der Waals surface area contributed by atoms with Gasteiger partial charge in [-0.25, -0.2) is 0 Å². The van der Waals surface area contributed by atoms with Crippen molar-refractivity contribution in [2.24, 2.45) is 0 Å². The molecule has 15 heavy (non-hydrogen) atoms. The van der Waals surface area contributed by atoms with Crippen molar-refractivity contribution in [1.82, 2.24) is 14.8 Å². The fourth-order valence-electron chi connectivity index (χ4n) is 1.51. The van der Waals surface area contributed by atoms with E-state index in [4.69, 9.17) is 11.6 Å². The Morgan fingerprint density at radius 1 is 1.33 bits per heavy atom. The Kier molecular flexibility index (Phi) is 3.02. The Morgan fingerprint density at radius 2 is 2.13 bits per heavy atom. The molecule has 0 radical (unpaired) electrons. The highest BCUT2D eigenvalue weighted by Gasteiger charge is 2.09. The Balaban J connectivity index is 2.45. The molecule has 3 nitrogen and oxygen atoms in total. The molecule has 4 heteroatoms. The van der Waals surface area contributed by atoms with E-state index in [1.54, 1.807) is 6.33 Å². The lowest BCUT2D eigenvalue weighted by molar-refractivity contribution is 0.683. The van der Waals surface area contributed by atoms with Crippen LogP contribution < -0.4 is 0 Å². The second-order valence-corrected chi connectivity index (χ2v) is 3.73. The SMILES string of the molecule is CCCn1cnnc1-c1ccccc1Cl. The molecule has 1 aromatic carbocycles. The molecule has 2 rings (SSSR count). The Bertz CT molecular complexity index is 451. The first-order valence-electron chi connectivity index (χ1n) is 4.95. The number of halogens is 1. The molecule has 0 amide bonds. The molecule has 0 saturated heterocycles. The summed E-state index contributed by atoms with van der Waals surface area (Å²) in [7, 11) is 0. The Hall–Kier alpha value is -1.35. The number of rotatable bonds is 3. The molecular weight excluding hydrogens is 210 g/mol. The summed E-state index contributed by atoms with van der Waals surface area (Å²) in [6, 6.07) is 7.68. The third-order valence-corrected chi connectivity index (χ3v) is 2.52. The summed E-state index contributed by atoms with van der Waals surface area (Å²) in [6.45, 7) is 3.03. The summed E-state index contributed by atoms with van der Waals surface area (Å²) in [6.07, 6.45) is 2.79. The maximum Gasteiger partial charge on any atom is 0.165 e. The summed E-state index contributed by atoms with van der Waals surface area (Å²) in [5.41, 5.74) is 0.935. The minimum absolute atomic E-state index is 0.711. The Labute approximate surface area is 93.7 Å². The number of hydrogen-bond acceptors (Lipinski definition) is 2. The molecule has 0 aliphatic carbocycles. The van der Waals surface area contributed by atoms with Gasteiger partial charge in [0.05, 0.1) is 5.02 Å². The predicted molar refractivity (Wildman–Crippen MR) is 60.8 cm³/mol. The van der Waals surface area contributed by atoms with Crippen molar-refractivity contribution in [2.75, 3.05) is 0 Å². The van der Waals surface area contributed by atoms with Crippen LogP contribution in [-0.2, 0) is 6.54 Å². The minimum Gasteiger partial charge on any atom is -0.314 e. The van der Waals surface area contributed by atoms with Gasteiger partial charge in [0.2, 0.25) is 0 Å². The summed E-state index contributed by atoms with van der Waals surface area (Å²) < 4.78 is 2.02. The van der Waals surface area contributed by atoms with E-state index in [2.05, 4.69) is 17.1 Å². The van der Waals surface area contributed by atoms with E-state index in [9.17, 15) is 0 Å². The summed E-state index contributed by atoms with van der Waals surface area (Å²) in [4.78, 5) is 0. The monoisotopic (exact) mass is 221 g/mol. The van der Waals surface area contributed by atoms with Gasteiger partial charge < -0.3 is 4.57 Å². The second kappa shape index (κ2) is 4.45. The molecular formula is C11H12ClN3. The van der Waals surface area contributed by atoms with Crippen molar-refractivity contribution in [3.8, 4) is 11.4 Å². The van der Waals surface area contributed by atoms with Gasteiger partial charge in [-0.15, -0.1) is 10.2 Å². The number of aryl methyl sites for hydroxylation is 1. The highest BCUT2D eigenvalue weighted by atomic mass is 35.5. The first-order chi connectivity index (χ1) is 7.33. The van der Waals surface area contributed by atoms with Crippen LogP contribution in [0.15, 0.2) is 30.6 Å². The van der Waals surface area contributed by atoms with Gasteiger partial charge in [-0.05, 0) is 18.6 Å². The summed E-state index contributed by atoms with van der Waals surface area (Å²) in [5, 5.41) is 8.72. The van der Waals surface area contributed by atoms with E-state index in [0.29, 0.717) is 5.02 Å². The van der Waals surface area contributed by atoms with Gasteiger partial charge in [0.1, 0.15) is 6.33 Å². The number of aromatic nitrogens is 3. The van der Waals surface area contributed by atoms with E-state index < -0.39 is 0 Å². The molecule has 1 heterocycles. The zero-order chi connectivity index (χ0) is 10.7. The van der Waals surface area contributed by atoms with Crippen molar-refractivity contribution >= 4 is 11.6 Å². The maximum atomic E-state index is 6.11. The molecule has 0 fully saturated rings. The van der Waals surface area contributed by atoms with Gasteiger partial charge >= 0.3 is 0 Å². The van der Waals surface area contributed by atoms with Crippen LogP contribution in [0, 0.1) is 0 Å². The van der Waals surface area contributed by atoms with Crippen LogP contribution in [-0.4, -0.2) is 14.8 Å². The zero-order valence-electron chi connectivity index (χ0n) is 8.52. The van der Waals surface area contributed by atoms with Crippen LogP contribution in [0.5, 0.6) is 0 Å². The number of hydrogen-bond donors (Lipinski definition) is 0. The zero-order valence-corrected chi connectivity index (χ0v) is 9.28. The minimum atomic E-state index is 0.711. The van der Waals surface area contributed by atoms with Crippen molar-refractivity contribution in [1.29, 1.82) is 0 Å². The topological polar surface area (TPSA) is 30.7 Å². The molecule has 1 aromatic heterocycles. The fourth-order valence-corrected chi connectivity index (χ4v) is 1.73. The first kappa shape index (κ1) is 10.2. The lowest BCUT2D eigenvalue weighted by Crippen LogP contribution is -1.98. The van der Waals surface area contributed by atoms with Crippen LogP contribution in [0.2, 0.25) is 5.02 Å². The van der Waals surface area contributed by atoms with E-state index >= 15 is 0 Å². The van der Waals surface area contributed by atoms with Gasteiger partial charge in [0, 0.05) is 12.1 Å². The smallest absolute Gasteiger partial charge is 0.165 e. The van der Waals surface area contributed by atoms with E-state index in [0.717, 1.165) is 24.4 Å². The van der Waals surface area contributed by atoms with Gasteiger partial charge in [-0.3, -0.25) is 0 Å². The average Bonchev–Trinajstić information content (AvgIpc) is 2.67. The molecule has 0 bridgehead atoms. The molecule has 0 aliphatic heterocycles. The summed E-state index contributed by atoms with van der Waals surface area (Å²) >= 11 is 6.11. The van der Waals surface area contributed by atoms with Crippen LogP contribution in [0.1, 0.15) is 13.3 Å². The average molecular weight is 222 g/mol. The molecule has 0 aliphatic rings. The third-order valence-electron chi connectivity index (χ3n) is 2.19. The largest absolute Gasteiger partial charge is 0.314 e. The standard InChI is InChI=1S/C11H12ClN3/c1-2-7-15-8-13-14-11(15)9-5-3-4-6-10(9)12/h3-6,8H,2,7H2,1H3. The van der Waals surface area contributed by atoms with Gasteiger partial charge in [0.15, 0.2) is 5.82 Å². The van der Waals surface area contributed by atoms with Gasteiger partial charge in [0.25, 0.3) is 0 Å². The lowest BCUT2D eigenvalue weighted by Gasteiger charge is -2.05. The van der Waals surface area contributed by atoms with E-state index in [1.807, 2.05) is 28.8 Å². The molecule has 0 N–H and O–H groups in total. The van der Waals surface area contributed by atoms with Crippen LogP contribution in [0.3, 0.4) is 0 Å². The van der Waals surface area contributed by atoms with Crippen molar-refractivity contribution < 1.29 is 0 Å². The Morgan fingerprint density at radius 3 is 2.87 bits per heavy atom. The van der Waals surface area contributed by atoms with E-state index in [1.165, 1.54) is 0 Å². The quantitative estimate of drug-likeness (QED) is 0.798. The highest BCUT2D eigenvalue weighted by Crippen LogP contribution is 2.25. The normalized spacial score (nSPS) is 10.5. The van der Waals surface area contributed by atoms with Crippen LogP contribution in [0.4, 0.5) is 0 Å². The van der Waals surface area contributed by atoms with Crippen LogP contribution >= 0.6 is 11.6 Å². The van der Waals surface area contributed by atoms with E-state index in [-0.39, 0.29) is 0 Å². The molecule has 0 spiro atoms.